The van der Waals surface area contributed by atoms with Gasteiger partial charge in [-0.3, -0.25) is 9.78 Å². The molecule has 0 saturated carbocycles. The van der Waals surface area contributed by atoms with Crippen LogP contribution in [0.25, 0.3) is 0 Å². The number of nitrogens with zero attached hydrogens (tertiary/aromatic N) is 1. The van der Waals surface area contributed by atoms with Crippen LogP contribution in [0.2, 0.25) is 0 Å². The van der Waals surface area contributed by atoms with Crippen molar-refractivity contribution < 1.29 is 14.6 Å². The summed E-state index contributed by atoms with van der Waals surface area (Å²) in [6.45, 7) is 0. The summed E-state index contributed by atoms with van der Waals surface area (Å²) < 4.78 is 4.45. The maximum absolute atomic E-state index is 10.8. The average Bonchev–Trinajstić information content (AvgIpc) is 2.04. The topological polar surface area (TPSA) is 59.4 Å². The van der Waals surface area contributed by atoms with Crippen molar-refractivity contribution in [2.75, 3.05) is 7.11 Å². The van der Waals surface area contributed by atoms with Crippen molar-refractivity contribution >= 4 is 5.97 Å². The fourth-order valence-corrected chi connectivity index (χ4v) is 0.809. The maximum Gasteiger partial charge on any atom is 0.310 e. The predicted molar refractivity (Wildman–Crippen MR) is 41.6 cm³/mol. The van der Waals surface area contributed by atoms with E-state index in [4.69, 9.17) is 5.11 Å². The van der Waals surface area contributed by atoms with Crippen molar-refractivity contribution in [2.24, 2.45) is 0 Å². The number of hydrogen-bond donors (Lipinski definition) is 1. The number of carbonyl (C=O) groups is 1. The van der Waals surface area contributed by atoms with E-state index in [2.05, 4.69) is 9.72 Å². The van der Waals surface area contributed by atoms with Gasteiger partial charge in [0.15, 0.2) is 0 Å². The highest BCUT2D eigenvalue weighted by Gasteiger charge is 2.02. The lowest BCUT2D eigenvalue weighted by Crippen LogP contribution is -2.04. The average molecular weight is 167 g/mol. The molecule has 0 atom stereocenters. The van der Waals surface area contributed by atoms with Gasteiger partial charge in [-0.1, -0.05) is 0 Å². The van der Waals surface area contributed by atoms with Crippen LogP contribution in [0.5, 0.6) is 5.75 Å². The Morgan fingerprint density at radius 3 is 3.00 bits per heavy atom. The number of methoxy groups -OCH3 is 1. The molecule has 0 unspecified atom stereocenters. The minimum atomic E-state index is -0.345. The molecule has 1 heterocycles. The zero-order valence-electron chi connectivity index (χ0n) is 6.65. The number of rotatable bonds is 2. The lowest BCUT2D eigenvalue weighted by Gasteiger charge is -1.98. The molecule has 0 aliphatic heterocycles. The van der Waals surface area contributed by atoms with E-state index in [9.17, 15) is 4.79 Å². The van der Waals surface area contributed by atoms with Gasteiger partial charge in [0, 0.05) is 6.20 Å². The van der Waals surface area contributed by atoms with Crippen molar-refractivity contribution in [3.63, 3.8) is 0 Å². The molecule has 0 fully saturated rings. The smallest absolute Gasteiger partial charge is 0.310 e. The fraction of sp³-hybridized carbons (Fsp3) is 0.250. The largest absolute Gasteiger partial charge is 0.506 e. The third-order valence-corrected chi connectivity index (χ3v) is 1.36. The number of hydrogen-bond acceptors (Lipinski definition) is 4. The summed E-state index contributed by atoms with van der Waals surface area (Å²) in [5.41, 5.74) is 0.641. The van der Waals surface area contributed by atoms with E-state index < -0.39 is 0 Å². The molecule has 0 aliphatic carbocycles. The molecular formula is C8H9NO3. The zero-order chi connectivity index (χ0) is 8.97. The number of aromatic nitrogens is 1. The number of esters is 1. The van der Waals surface area contributed by atoms with Gasteiger partial charge in [0.05, 0.1) is 19.7 Å². The van der Waals surface area contributed by atoms with Crippen LogP contribution < -0.4 is 0 Å². The van der Waals surface area contributed by atoms with Gasteiger partial charge in [-0.2, -0.15) is 0 Å². The molecule has 0 aliphatic rings. The summed E-state index contributed by atoms with van der Waals surface area (Å²) >= 11 is 0. The monoisotopic (exact) mass is 167 g/mol. The second kappa shape index (κ2) is 3.71. The quantitative estimate of drug-likeness (QED) is 0.652. The van der Waals surface area contributed by atoms with Crippen LogP contribution in [0.3, 0.4) is 0 Å². The molecule has 1 aromatic rings. The molecule has 1 N–H and O–H groups in total. The summed E-state index contributed by atoms with van der Waals surface area (Å²) in [5.74, 6) is -0.293. The van der Waals surface area contributed by atoms with E-state index in [1.54, 1.807) is 0 Å². The first-order valence-corrected chi connectivity index (χ1v) is 3.42. The lowest BCUT2D eigenvalue weighted by atomic mass is 10.2. The summed E-state index contributed by atoms with van der Waals surface area (Å²) in [4.78, 5) is 14.5. The van der Waals surface area contributed by atoms with Crippen LogP contribution in [0.4, 0.5) is 0 Å². The van der Waals surface area contributed by atoms with Gasteiger partial charge in [-0.25, -0.2) is 0 Å². The third kappa shape index (κ3) is 2.23. The zero-order valence-corrected chi connectivity index (χ0v) is 6.65. The number of carbonyl (C=O) groups excluding carboxylic acids is 1. The SMILES string of the molecule is COC(=O)Cc1cncc(O)c1. The second-order valence-corrected chi connectivity index (χ2v) is 2.30. The molecular weight excluding hydrogens is 158 g/mol. The fourth-order valence-electron chi connectivity index (χ4n) is 0.809. The van der Waals surface area contributed by atoms with Crippen molar-refractivity contribution in [3.8, 4) is 5.75 Å². The van der Waals surface area contributed by atoms with Crippen LogP contribution in [-0.2, 0) is 16.0 Å². The highest BCUT2D eigenvalue weighted by Crippen LogP contribution is 2.08. The van der Waals surface area contributed by atoms with Gasteiger partial charge in [0.2, 0.25) is 0 Å². The van der Waals surface area contributed by atoms with Crippen molar-refractivity contribution in [1.82, 2.24) is 4.98 Å². The molecule has 4 heteroatoms. The standard InChI is InChI=1S/C8H9NO3/c1-12-8(11)3-6-2-7(10)5-9-4-6/h2,4-5,10H,3H2,1H3. The van der Waals surface area contributed by atoms with Gasteiger partial charge in [0.1, 0.15) is 5.75 Å². The van der Waals surface area contributed by atoms with Crippen molar-refractivity contribution in [2.45, 2.75) is 6.42 Å². The van der Waals surface area contributed by atoms with Gasteiger partial charge >= 0.3 is 5.97 Å². The first kappa shape index (κ1) is 8.52. The van der Waals surface area contributed by atoms with Crippen molar-refractivity contribution in [3.05, 3.63) is 24.0 Å². The summed E-state index contributed by atoms with van der Waals surface area (Å²) in [7, 11) is 1.32. The Morgan fingerprint density at radius 2 is 2.42 bits per heavy atom. The first-order valence-electron chi connectivity index (χ1n) is 3.42. The Labute approximate surface area is 69.8 Å². The maximum atomic E-state index is 10.8. The van der Waals surface area contributed by atoms with Crippen LogP contribution in [0.15, 0.2) is 18.5 Å². The molecule has 1 rings (SSSR count). The first-order chi connectivity index (χ1) is 5.72. The third-order valence-electron chi connectivity index (χ3n) is 1.36. The molecule has 12 heavy (non-hydrogen) atoms. The van der Waals surface area contributed by atoms with Crippen LogP contribution in [-0.4, -0.2) is 23.2 Å². The minimum Gasteiger partial charge on any atom is -0.506 e. The molecule has 0 bridgehead atoms. The van der Waals surface area contributed by atoms with E-state index in [0.717, 1.165) is 0 Å². The Morgan fingerprint density at radius 1 is 1.67 bits per heavy atom. The molecule has 1 aromatic heterocycles. The van der Waals surface area contributed by atoms with Gasteiger partial charge < -0.3 is 9.84 Å². The van der Waals surface area contributed by atoms with Gasteiger partial charge in [-0.15, -0.1) is 0 Å². The Bertz CT molecular complexity index is 285. The second-order valence-electron chi connectivity index (χ2n) is 2.30. The molecule has 0 amide bonds. The number of ether oxygens (including phenoxy) is 1. The van der Waals surface area contributed by atoms with Crippen LogP contribution in [0, 0.1) is 0 Å². The minimum absolute atomic E-state index is 0.0522. The summed E-state index contributed by atoms with van der Waals surface area (Å²) in [6.07, 6.45) is 2.95. The van der Waals surface area contributed by atoms with E-state index in [0.29, 0.717) is 5.56 Å². The van der Waals surface area contributed by atoms with Gasteiger partial charge in [-0.05, 0) is 11.6 Å². The summed E-state index contributed by atoms with van der Waals surface area (Å²) in [5, 5.41) is 8.98. The lowest BCUT2D eigenvalue weighted by molar-refractivity contribution is -0.139. The van der Waals surface area contributed by atoms with E-state index >= 15 is 0 Å². The Kier molecular flexibility index (Phi) is 2.63. The number of pyridine rings is 1. The molecule has 0 saturated heterocycles. The van der Waals surface area contributed by atoms with E-state index in [-0.39, 0.29) is 18.1 Å². The highest BCUT2D eigenvalue weighted by atomic mass is 16.5. The molecule has 0 spiro atoms. The molecule has 64 valence electrons. The number of aromatic hydroxyl groups is 1. The molecule has 0 radical (unpaired) electrons. The highest BCUT2D eigenvalue weighted by molar-refractivity contribution is 5.72. The van der Waals surface area contributed by atoms with E-state index in [1.165, 1.54) is 25.6 Å². The Balaban J connectivity index is 2.69. The normalized spacial score (nSPS) is 9.42. The molecule has 0 aromatic carbocycles. The van der Waals surface area contributed by atoms with Crippen molar-refractivity contribution in [1.29, 1.82) is 0 Å². The van der Waals surface area contributed by atoms with Gasteiger partial charge in [0.25, 0.3) is 0 Å². The van der Waals surface area contributed by atoms with Crippen LogP contribution >= 0.6 is 0 Å². The summed E-state index contributed by atoms with van der Waals surface area (Å²) in [6, 6.07) is 1.48. The Hall–Kier alpha value is -1.58. The molecule has 4 nitrogen and oxygen atoms in total. The van der Waals surface area contributed by atoms with E-state index in [1.807, 2.05) is 0 Å². The van der Waals surface area contributed by atoms with Crippen LogP contribution in [0.1, 0.15) is 5.56 Å². The predicted octanol–water partition coefficient (Wildman–Crippen LogP) is 0.503.